The zero-order valence-corrected chi connectivity index (χ0v) is 15.1. The topological polar surface area (TPSA) is 67.2 Å². The summed E-state index contributed by atoms with van der Waals surface area (Å²) in [6.07, 6.45) is 4.93. The predicted octanol–water partition coefficient (Wildman–Crippen LogP) is 3.02. The molecule has 0 atom stereocenters. The van der Waals surface area contributed by atoms with Crippen molar-refractivity contribution in [2.45, 2.75) is 45.6 Å². The van der Waals surface area contributed by atoms with E-state index in [-0.39, 0.29) is 11.8 Å². The van der Waals surface area contributed by atoms with Gasteiger partial charge in [-0.3, -0.25) is 9.59 Å². The van der Waals surface area contributed by atoms with Crippen LogP contribution in [0, 0.1) is 6.92 Å². The summed E-state index contributed by atoms with van der Waals surface area (Å²) >= 11 is 0. The molecule has 2 aromatic rings. The summed E-state index contributed by atoms with van der Waals surface area (Å²) in [4.78, 5) is 32.1. The van der Waals surface area contributed by atoms with Crippen molar-refractivity contribution in [2.24, 2.45) is 0 Å². The van der Waals surface area contributed by atoms with Gasteiger partial charge in [-0.2, -0.15) is 0 Å². The Kier molecular flexibility index (Phi) is 4.49. The maximum Gasteiger partial charge on any atom is 0.291 e. The van der Waals surface area contributed by atoms with E-state index < -0.39 is 0 Å². The second-order valence-electron chi connectivity index (χ2n) is 7.11. The number of hydrogen-bond donors (Lipinski definition) is 1. The lowest BCUT2D eigenvalue weighted by atomic mass is 10.1. The number of carbonyl (C=O) groups excluding carboxylic acids is 2. The molecule has 6 nitrogen and oxygen atoms in total. The molecule has 4 rings (SSSR count). The zero-order valence-electron chi connectivity index (χ0n) is 15.1. The number of fused-ring (bicyclic) bond motifs is 1. The van der Waals surface area contributed by atoms with Crippen LogP contribution in [0.2, 0.25) is 0 Å². The van der Waals surface area contributed by atoms with Crippen LogP contribution in [0.25, 0.3) is 0 Å². The lowest BCUT2D eigenvalue weighted by Gasteiger charge is -2.19. The Balaban J connectivity index is 1.66. The van der Waals surface area contributed by atoms with E-state index in [0.29, 0.717) is 11.5 Å². The first-order chi connectivity index (χ1) is 12.6. The van der Waals surface area contributed by atoms with Crippen LogP contribution in [0.1, 0.15) is 58.0 Å². The Hall–Kier alpha value is -2.63. The number of benzene rings is 1. The number of nitrogens with zero attached hydrogens (tertiary/aromatic N) is 3. The summed E-state index contributed by atoms with van der Waals surface area (Å²) in [5.74, 6) is 0.0801. The highest BCUT2D eigenvalue weighted by Gasteiger charge is 2.30. The van der Waals surface area contributed by atoms with Crippen LogP contribution in [0.3, 0.4) is 0 Å². The summed E-state index contributed by atoms with van der Waals surface area (Å²) in [7, 11) is 0. The predicted molar refractivity (Wildman–Crippen MR) is 99.4 cm³/mol. The monoisotopic (exact) mass is 352 g/mol. The Morgan fingerprint density at radius 3 is 2.54 bits per heavy atom. The van der Waals surface area contributed by atoms with Gasteiger partial charge in [-0.15, -0.1) is 0 Å². The molecule has 0 aliphatic carbocycles. The van der Waals surface area contributed by atoms with E-state index in [0.717, 1.165) is 68.7 Å². The van der Waals surface area contributed by atoms with E-state index in [2.05, 4.69) is 10.3 Å². The van der Waals surface area contributed by atoms with Crippen LogP contribution in [-0.4, -0.2) is 39.4 Å². The number of imidazole rings is 1. The first-order valence-corrected chi connectivity index (χ1v) is 9.41. The van der Waals surface area contributed by atoms with E-state index in [4.69, 9.17) is 0 Å². The van der Waals surface area contributed by atoms with Gasteiger partial charge >= 0.3 is 0 Å². The molecule has 2 aliphatic rings. The van der Waals surface area contributed by atoms with Gasteiger partial charge in [0.15, 0.2) is 5.82 Å². The molecule has 3 heterocycles. The van der Waals surface area contributed by atoms with Crippen molar-refractivity contribution >= 4 is 17.5 Å². The van der Waals surface area contributed by atoms with Gasteiger partial charge in [-0.25, -0.2) is 4.98 Å². The first-order valence-electron chi connectivity index (χ1n) is 9.41. The molecule has 1 N–H and O–H groups in total. The van der Waals surface area contributed by atoms with Gasteiger partial charge in [0, 0.05) is 25.3 Å². The van der Waals surface area contributed by atoms with Crippen LogP contribution in [0.15, 0.2) is 24.3 Å². The van der Waals surface area contributed by atoms with Gasteiger partial charge in [0.25, 0.3) is 11.8 Å². The van der Waals surface area contributed by atoms with Crippen LogP contribution >= 0.6 is 0 Å². The number of nitrogens with one attached hydrogen (secondary N) is 1. The fourth-order valence-corrected chi connectivity index (χ4v) is 3.85. The zero-order chi connectivity index (χ0) is 18.1. The van der Waals surface area contributed by atoms with Gasteiger partial charge in [0.1, 0.15) is 5.69 Å². The third-order valence-electron chi connectivity index (χ3n) is 5.31. The van der Waals surface area contributed by atoms with Crippen LogP contribution in [-0.2, 0) is 13.0 Å². The molecule has 0 saturated carbocycles. The van der Waals surface area contributed by atoms with Gasteiger partial charge in [0.2, 0.25) is 0 Å². The Morgan fingerprint density at radius 2 is 1.77 bits per heavy atom. The lowest BCUT2D eigenvalue weighted by Crippen LogP contribution is -2.29. The number of aromatic nitrogens is 2. The van der Waals surface area contributed by atoms with Crippen molar-refractivity contribution in [3.8, 4) is 0 Å². The van der Waals surface area contributed by atoms with Gasteiger partial charge in [-0.05, 0) is 50.7 Å². The van der Waals surface area contributed by atoms with E-state index in [1.54, 1.807) is 0 Å². The largest absolute Gasteiger partial charge is 0.337 e. The molecule has 136 valence electrons. The van der Waals surface area contributed by atoms with Crippen LogP contribution in [0.4, 0.5) is 5.69 Å². The van der Waals surface area contributed by atoms with Gasteiger partial charge in [-0.1, -0.05) is 18.2 Å². The average molecular weight is 352 g/mol. The molecular weight excluding hydrogens is 328 g/mol. The second kappa shape index (κ2) is 6.94. The first kappa shape index (κ1) is 16.8. The quantitative estimate of drug-likeness (QED) is 0.923. The molecule has 1 saturated heterocycles. The number of carbonyl (C=O) groups is 2. The Bertz CT molecular complexity index is 849. The second-order valence-corrected chi connectivity index (χ2v) is 7.11. The molecule has 2 amide bonds. The average Bonchev–Trinajstić information content (AvgIpc) is 3.31. The Morgan fingerprint density at radius 1 is 1.04 bits per heavy atom. The summed E-state index contributed by atoms with van der Waals surface area (Å²) in [5, 5.41) is 2.95. The third-order valence-corrected chi connectivity index (χ3v) is 5.31. The minimum Gasteiger partial charge on any atom is -0.337 e. The minimum atomic E-state index is -0.247. The number of aryl methyl sites for hydroxylation is 1. The highest BCUT2D eigenvalue weighted by atomic mass is 16.2. The number of anilines is 1. The molecule has 0 bridgehead atoms. The molecule has 1 aromatic heterocycles. The lowest BCUT2D eigenvalue weighted by molar-refractivity contribution is 0.0786. The maximum absolute atomic E-state index is 12.9. The molecule has 0 radical (unpaired) electrons. The van der Waals surface area contributed by atoms with Crippen molar-refractivity contribution in [2.75, 3.05) is 18.4 Å². The molecule has 26 heavy (non-hydrogen) atoms. The van der Waals surface area contributed by atoms with Crippen molar-refractivity contribution < 1.29 is 9.59 Å². The maximum atomic E-state index is 12.9. The van der Waals surface area contributed by atoms with Gasteiger partial charge < -0.3 is 14.8 Å². The highest BCUT2D eigenvalue weighted by Crippen LogP contribution is 2.24. The smallest absolute Gasteiger partial charge is 0.291 e. The fourth-order valence-electron chi connectivity index (χ4n) is 3.85. The standard InChI is InChI=1S/C20H24N4O2/c1-14-8-2-3-9-15(14)21-19(25)18-22-17(16-10-4-5-13-24(16)18)20(26)23-11-6-7-12-23/h2-3,8-9H,4-7,10-13H2,1H3,(H,21,25). The van der Waals surface area contributed by atoms with E-state index in [9.17, 15) is 9.59 Å². The number of likely N-dealkylation sites (tertiary alicyclic amines) is 1. The summed E-state index contributed by atoms with van der Waals surface area (Å²) < 4.78 is 1.94. The van der Waals surface area contributed by atoms with Gasteiger partial charge in [0.05, 0.1) is 5.69 Å². The third kappa shape index (κ3) is 3.00. The number of hydrogen-bond acceptors (Lipinski definition) is 3. The van der Waals surface area contributed by atoms with Crippen molar-refractivity contribution in [1.29, 1.82) is 0 Å². The molecule has 0 unspecified atom stereocenters. The number of para-hydroxylation sites is 1. The van der Waals surface area contributed by atoms with Crippen molar-refractivity contribution in [3.05, 3.63) is 47.0 Å². The molecule has 1 aromatic carbocycles. The summed E-state index contributed by atoms with van der Waals surface area (Å²) in [6, 6.07) is 7.67. The number of amides is 2. The summed E-state index contributed by atoms with van der Waals surface area (Å²) in [6.45, 7) is 4.27. The minimum absolute atomic E-state index is 0.0249. The van der Waals surface area contributed by atoms with Crippen molar-refractivity contribution in [1.82, 2.24) is 14.5 Å². The van der Waals surface area contributed by atoms with E-state index >= 15 is 0 Å². The molecular formula is C20H24N4O2. The molecule has 6 heteroatoms. The number of rotatable bonds is 3. The molecule has 1 fully saturated rings. The molecule has 0 spiro atoms. The molecule has 2 aliphatic heterocycles. The van der Waals surface area contributed by atoms with Crippen LogP contribution < -0.4 is 5.32 Å². The Labute approximate surface area is 153 Å². The highest BCUT2D eigenvalue weighted by molar-refractivity contribution is 6.04. The van der Waals surface area contributed by atoms with E-state index in [1.807, 2.05) is 40.7 Å². The summed E-state index contributed by atoms with van der Waals surface area (Å²) in [5.41, 5.74) is 3.17. The normalized spacial score (nSPS) is 16.4. The van der Waals surface area contributed by atoms with Crippen molar-refractivity contribution in [3.63, 3.8) is 0 Å². The fraction of sp³-hybridized carbons (Fsp3) is 0.450. The van der Waals surface area contributed by atoms with Crippen LogP contribution in [0.5, 0.6) is 0 Å². The SMILES string of the molecule is Cc1ccccc1NC(=O)c1nc(C(=O)N2CCCC2)c2n1CCCC2. The van der Waals surface area contributed by atoms with E-state index in [1.165, 1.54) is 0 Å².